The van der Waals surface area contributed by atoms with Gasteiger partial charge in [0.1, 0.15) is 5.57 Å². The molecule has 5 rings (SSSR count). The topological polar surface area (TPSA) is 123 Å². The van der Waals surface area contributed by atoms with Crippen molar-refractivity contribution in [3.8, 4) is 0 Å². The molecule has 0 saturated carbocycles. The summed E-state index contributed by atoms with van der Waals surface area (Å²) in [5, 5.41) is 14.9. The van der Waals surface area contributed by atoms with Gasteiger partial charge in [0.05, 0.1) is 21.0 Å². The van der Waals surface area contributed by atoms with Crippen molar-refractivity contribution in [1.29, 1.82) is 0 Å². The minimum Gasteiger partial charge on any atom is -0.273 e. The molecule has 0 unspecified atom stereocenters. The van der Waals surface area contributed by atoms with Crippen molar-refractivity contribution in [2.75, 3.05) is 4.90 Å². The Morgan fingerprint density at radius 1 is 0.917 bits per heavy atom. The van der Waals surface area contributed by atoms with Crippen molar-refractivity contribution >= 4 is 58.0 Å². The van der Waals surface area contributed by atoms with Gasteiger partial charge in [0, 0.05) is 22.5 Å². The van der Waals surface area contributed by atoms with Gasteiger partial charge in [-0.1, -0.05) is 54.2 Å². The maximum Gasteiger partial charge on any atom is 0.335 e. The highest BCUT2D eigenvalue weighted by Gasteiger charge is 2.36. The van der Waals surface area contributed by atoms with Gasteiger partial charge in [0.15, 0.2) is 0 Å². The lowest BCUT2D eigenvalue weighted by atomic mass is 10.1. The number of nitro benzene ring substituents is 1. The molecule has 0 bridgehead atoms. The molecule has 9 nitrogen and oxygen atoms in total. The highest BCUT2D eigenvalue weighted by Crippen LogP contribution is 2.38. The first-order valence-corrected chi connectivity index (χ1v) is 11.5. The van der Waals surface area contributed by atoms with Crippen LogP contribution in [0.15, 0.2) is 100 Å². The van der Waals surface area contributed by atoms with Crippen LogP contribution in [0.1, 0.15) is 5.56 Å². The highest BCUT2D eigenvalue weighted by atomic mass is 32.2. The molecule has 4 amide bonds. The average molecular weight is 497 g/mol. The summed E-state index contributed by atoms with van der Waals surface area (Å²) in [6.45, 7) is 0. The van der Waals surface area contributed by atoms with Crippen LogP contribution in [0.25, 0.3) is 17.0 Å². The minimum absolute atomic E-state index is 0.193. The van der Waals surface area contributed by atoms with E-state index in [1.165, 1.54) is 23.9 Å². The second-order valence-electron chi connectivity index (χ2n) is 7.71. The number of rotatable bonds is 5. The number of carbonyl (C=O) groups is 3. The summed E-state index contributed by atoms with van der Waals surface area (Å²) in [4.78, 5) is 55.5. The van der Waals surface area contributed by atoms with E-state index in [2.05, 4.69) is 10.3 Å². The Kier molecular flexibility index (Phi) is 6.01. The predicted octanol–water partition coefficient (Wildman–Crippen LogP) is 4.96. The Morgan fingerprint density at radius 2 is 1.69 bits per heavy atom. The molecule has 1 N–H and O–H groups in total. The van der Waals surface area contributed by atoms with E-state index in [0.29, 0.717) is 10.6 Å². The van der Waals surface area contributed by atoms with Gasteiger partial charge in [-0.2, -0.15) is 0 Å². The van der Waals surface area contributed by atoms with E-state index in [1.54, 1.807) is 48.7 Å². The van der Waals surface area contributed by atoms with Gasteiger partial charge in [0.2, 0.25) is 0 Å². The van der Waals surface area contributed by atoms with Crippen LogP contribution in [0.4, 0.5) is 16.2 Å². The lowest BCUT2D eigenvalue weighted by molar-refractivity contribution is -0.387. The van der Waals surface area contributed by atoms with Gasteiger partial charge < -0.3 is 0 Å². The molecule has 3 aromatic carbocycles. The molecule has 0 aliphatic carbocycles. The summed E-state index contributed by atoms with van der Waals surface area (Å²) >= 11 is 1.20. The fraction of sp³-hybridized carbons (Fsp3) is 0. The average Bonchev–Trinajstić information content (AvgIpc) is 2.88. The van der Waals surface area contributed by atoms with Crippen molar-refractivity contribution in [1.82, 2.24) is 10.3 Å². The maximum absolute atomic E-state index is 13.0. The lowest BCUT2D eigenvalue weighted by Gasteiger charge is -2.26. The summed E-state index contributed by atoms with van der Waals surface area (Å²) in [6.07, 6.45) is 2.90. The SMILES string of the molecule is O=C1NC(=O)N(c2ccccc2)C(=O)/C1=C/c1ccc(Sc2cccc3cccnc23)c([N+](=O)[O-])c1. The van der Waals surface area contributed by atoms with E-state index < -0.39 is 22.8 Å². The van der Waals surface area contributed by atoms with Crippen molar-refractivity contribution < 1.29 is 19.3 Å². The molecule has 1 aromatic heterocycles. The zero-order valence-corrected chi connectivity index (χ0v) is 19.3. The molecule has 0 radical (unpaired) electrons. The van der Waals surface area contributed by atoms with E-state index >= 15 is 0 Å². The van der Waals surface area contributed by atoms with Gasteiger partial charge in [0.25, 0.3) is 17.5 Å². The summed E-state index contributed by atoms with van der Waals surface area (Å²) < 4.78 is 0. The highest BCUT2D eigenvalue weighted by molar-refractivity contribution is 7.99. The number of nitro groups is 1. The van der Waals surface area contributed by atoms with Crippen LogP contribution < -0.4 is 10.2 Å². The third-order valence-corrected chi connectivity index (χ3v) is 6.54. The fourth-order valence-electron chi connectivity index (χ4n) is 3.77. The van der Waals surface area contributed by atoms with Crippen LogP contribution in [0.5, 0.6) is 0 Å². The number of nitrogens with zero attached hydrogens (tertiary/aromatic N) is 3. The first-order valence-electron chi connectivity index (χ1n) is 10.7. The summed E-state index contributed by atoms with van der Waals surface area (Å²) in [5.41, 5.74) is 0.775. The van der Waals surface area contributed by atoms with Gasteiger partial charge in [-0.15, -0.1) is 0 Å². The van der Waals surface area contributed by atoms with Crippen molar-refractivity contribution in [3.63, 3.8) is 0 Å². The van der Waals surface area contributed by atoms with Crippen LogP contribution in [-0.4, -0.2) is 27.8 Å². The number of nitrogens with one attached hydrogen (secondary N) is 1. The Morgan fingerprint density at radius 3 is 2.47 bits per heavy atom. The minimum atomic E-state index is -0.875. The number of fused-ring (bicyclic) bond motifs is 1. The normalized spacial score (nSPS) is 14.8. The number of imide groups is 2. The summed E-state index contributed by atoms with van der Waals surface area (Å²) in [5.74, 6) is -1.70. The number of carbonyl (C=O) groups excluding carboxylic acids is 3. The van der Waals surface area contributed by atoms with Crippen molar-refractivity contribution in [2.24, 2.45) is 0 Å². The zero-order chi connectivity index (χ0) is 25.2. The molecule has 0 atom stereocenters. The Hall–Kier alpha value is -4.83. The standard InChI is InChI=1S/C26H16N4O5S/c31-24-19(25(32)29(26(33)28-24)18-8-2-1-3-9-18)14-16-11-12-21(20(15-16)30(34)35)36-22-10-4-6-17-7-5-13-27-23(17)22/h1-15H,(H,28,31,33)/b19-14+. The first-order chi connectivity index (χ1) is 17.4. The summed E-state index contributed by atoms with van der Waals surface area (Å²) in [7, 11) is 0. The van der Waals surface area contributed by atoms with Gasteiger partial charge in [-0.3, -0.25) is 30.0 Å². The molecule has 176 valence electrons. The van der Waals surface area contributed by atoms with Crippen molar-refractivity contribution in [2.45, 2.75) is 9.79 Å². The van der Waals surface area contributed by atoms with E-state index in [9.17, 15) is 24.5 Å². The van der Waals surface area contributed by atoms with Crippen LogP contribution in [0.2, 0.25) is 0 Å². The molecule has 36 heavy (non-hydrogen) atoms. The number of benzene rings is 3. The number of hydrogen-bond donors (Lipinski definition) is 1. The molecule has 1 saturated heterocycles. The number of hydrogen-bond acceptors (Lipinski definition) is 7. The Labute approximate surface area is 208 Å². The molecule has 4 aromatic rings. The molecule has 10 heteroatoms. The fourth-order valence-corrected chi connectivity index (χ4v) is 4.79. The predicted molar refractivity (Wildman–Crippen MR) is 134 cm³/mol. The third-order valence-electron chi connectivity index (χ3n) is 5.42. The number of para-hydroxylation sites is 2. The Balaban J connectivity index is 1.51. The zero-order valence-electron chi connectivity index (χ0n) is 18.5. The second-order valence-corrected chi connectivity index (χ2v) is 8.79. The molecule has 1 aliphatic heterocycles. The quantitative estimate of drug-likeness (QED) is 0.179. The molecule has 1 fully saturated rings. The molecule has 2 heterocycles. The van der Waals surface area contributed by atoms with Crippen LogP contribution >= 0.6 is 11.8 Å². The van der Waals surface area contributed by atoms with Crippen LogP contribution in [-0.2, 0) is 9.59 Å². The van der Waals surface area contributed by atoms with Gasteiger partial charge in [-0.05, 0) is 42.0 Å². The van der Waals surface area contributed by atoms with Crippen LogP contribution in [0.3, 0.4) is 0 Å². The van der Waals surface area contributed by atoms with E-state index in [4.69, 9.17) is 0 Å². The molecule has 0 spiro atoms. The Bertz CT molecular complexity index is 1580. The molecular formula is C26H16N4O5S. The van der Waals surface area contributed by atoms with Gasteiger partial charge in [-0.25, -0.2) is 9.69 Å². The number of barbiturate groups is 1. The van der Waals surface area contributed by atoms with E-state index in [0.717, 1.165) is 20.7 Å². The first kappa shape index (κ1) is 22.9. The molecule has 1 aliphatic rings. The number of amides is 4. The maximum atomic E-state index is 13.0. The number of urea groups is 1. The summed E-state index contributed by atoms with van der Waals surface area (Å²) in [6, 6.07) is 21.0. The number of pyridine rings is 1. The smallest absolute Gasteiger partial charge is 0.273 e. The van der Waals surface area contributed by atoms with E-state index in [1.807, 2.05) is 30.3 Å². The number of anilines is 1. The van der Waals surface area contributed by atoms with Crippen LogP contribution in [0, 0.1) is 10.1 Å². The number of aromatic nitrogens is 1. The van der Waals surface area contributed by atoms with Gasteiger partial charge >= 0.3 is 6.03 Å². The van der Waals surface area contributed by atoms with E-state index in [-0.39, 0.29) is 16.8 Å². The monoisotopic (exact) mass is 496 g/mol. The third kappa shape index (κ3) is 4.32. The second kappa shape index (κ2) is 9.43. The molecular weight excluding hydrogens is 480 g/mol. The lowest BCUT2D eigenvalue weighted by Crippen LogP contribution is -2.54. The largest absolute Gasteiger partial charge is 0.335 e. The van der Waals surface area contributed by atoms with Crippen molar-refractivity contribution in [3.05, 3.63) is 106 Å².